The SMILES string of the molecule is Nc1ccc(O)c(CNc2cc(N)ccc2O)c1. The van der Waals surface area contributed by atoms with E-state index >= 15 is 0 Å². The van der Waals surface area contributed by atoms with E-state index in [2.05, 4.69) is 5.32 Å². The molecule has 5 heteroatoms. The minimum absolute atomic E-state index is 0.104. The van der Waals surface area contributed by atoms with Gasteiger partial charge in [0.05, 0.1) is 5.69 Å². The summed E-state index contributed by atoms with van der Waals surface area (Å²) >= 11 is 0. The topological polar surface area (TPSA) is 105 Å². The van der Waals surface area contributed by atoms with Gasteiger partial charge < -0.3 is 27.0 Å². The zero-order valence-electron chi connectivity index (χ0n) is 9.72. The monoisotopic (exact) mass is 245 g/mol. The van der Waals surface area contributed by atoms with E-state index in [4.69, 9.17) is 11.5 Å². The van der Waals surface area contributed by atoms with Gasteiger partial charge in [-0.25, -0.2) is 0 Å². The van der Waals surface area contributed by atoms with E-state index in [0.29, 0.717) is 29.2 Å². The van der Waals surface area contributed by atoms with Crippen molar-refractivity contribution in [3.05, 3.63) is 42.0 Å². The van der Waals surface area contributed by atoms with Crippen molar-refractivity contribution in [3.63, 3.8) is 0 Å². The van der Waals surface area contributed by atoms with Gasteiger partial charge in [0, 0.05) is 23.5 Å². The number of nitrogens with two attached hydrogens (primary N) is 2. The Morgan fingerprint density at radius 3 is 2.22 bits per heavy atom. The summed E-state index contributed by atoms with van der Waals surface area (Å²) in [5.74, 6) is 0.257. The first kappa shape index (κ1) is 11.9. The second-order valence-corrected chi connectivity index (χ2v) is 4.02. The first-order chi connectivity index (χ1) is 8.56. The van der Waals surface area contributed by atoms with Crippen LogP contribution in [0.25, 0.3) is 0 Å². The summed E-state index contributed by atoms with van der Waals surface area (Å²) in [6, 6.07) is 9.57. The number of benzene rings is 2. The van der Waals surface area contributed by atoms with E-state index in [1.165, 1.54) is 12.1 Å². The first-order valence-corrected chi connectivity index (χ1v) is 5.46. The van der Waals surface area contributed by atoms with Crippen LogP contribution in [0, 0.1) is 0 Å². The van der Waals surface area contributed by atoms with Crippen LogP contribution in [0.1, 0.15) is 5.56 Å². The minimum atomic E-state index is 0.104. The fourth-order valence-electron chi connectivity index (χ4n) is 1.63. The van der Waals surface area contributed by atoms with Crippen LogP contribution in [-0.2, 0) is 6.54 Å². The van der Waals surface area contributed by atoms with Crippen LogP contribution in [0.15, 0.2) is 36.4 Å². The lowest BCUT2D eigenvalue weighted by Gasteiger charge is -2.11. The van der Waals surface area contributed by atoms with Crippen LogP contribution < -0.4 is 16.8 Å². The lowest BCUT2D eigenvalue weighted by atomic mass is 10.1. The molecule has 0 bridgehead atoms. The fraction of sp³-hybridized carbons (Fsp3) is 0.0769. The summed E-state index contributed by atoms with van der Waals surface area (Å²) in [4.78, 5) is 0. The van der Waals surface area contributed by atoms with Gasteiger partial charge >= 0.3 is 0 Å². The number of aromatic hydroxyl groups is 2. The largest absolute Gasteiger partial charge is 0.508 e. The summed E-state index contributed by atoms with van der Waals surface area (Å²) < 4.78 is 0. The summed E-state index contributed by atoms with van der Waals surface area (Å²) in [5.41, 5.74) is 13.6. The van der Waals surface area contributed by atoms with Gasteiger partial charge in [-0.15, -0.1) is 0 Å². The minimum Gasteiger partial charge on any atom is -0.508 e. The van der Waals surface area contributed by atoms with Gasteiger partial charge in [-0.1, -0.05) is 0 Å². The number of nitrogens with one attached hydrogen (secondary N) is 1. The number of phenolic OH excluding ortho intramolecular Hbond substituents is 2. The molecule has 0 fully saturated rings. The third-order valence-electron chi connectivity index (χ3n) is 2.59. The normalized spacial score (nSPS) is 10.2. The molecule has 2 rings (SSSR count). The Hall–Kier alpha value is -2.56. The Morgan fingerprint density at radius 1 is 0.889 bits per heavy atom. The third kappa shape index (κ3) is 2.57. The van der Waals surface area contributed by atoms with Crippen LogP contribution in [0.4, 0.5) is 17.1 Å². The van der Waals surface area contributed by atoms with Gasteiger partial charge in [0.25, 0.3) is 0 Å². The standard InChI is InChI=1S/C13H15N3O2/c14-9-1-3-12(17)8(5-9)7-16-11-6-10(15)2-4-13(11)18/h1-6,16-18H,7,14-15H2. The smallest absolute Gasteiger partial charge is 0.138 e. The Morgan fingerprint density at radius 2 is 1.50 bits per heavy atom. The van der Waals surface area contributed by atoms with Crippen LogP contribution in [0.2, 0.25) is 0 Å². The molecular weight excluding hydrogens is 230 g/mol. The van der Waals surface area contributed by atoms with Crippen molar-refractivity contribution in [3.8, 4) is 11.5 Å². The quantitative estimate of drug-likeness (QED) is 0.322. The van der Waals surface area contributed by atoms with Crippen molar-refractivity contribution in [2.45, 2.75) is 6.54 Å². The molecule has 0 aliphatic carbocycles. The molecule has 0 aliphatic heterocycles. The molecule has 94 valence electrons. The molecule has 7 N–H and O–H groups in total. The van der Waals surface area contributed by atoms with Crippen molar-refractivity contribution in [2.75, 3.05) is 16.8 Å². The number of hydrogen-bond donors (Lipinski definition) is 5. The average Bonchev–Trinajstić information content (AvgIpc) is 2.34. The number of hydrogen-bond acceptors (Lipinski definition) is 5. The van der Waals surface area contributed by atoms with Crippen LogP contribution >= 0.6 is 0 Å². The molecule has 5 nitrogen and oxygen atoms in total. The molecule has 0 amide bonds. The molecule has 0 spiro atoms. The summed E-state index contributed by atoms with van der Waals surface area (Å²) in [7, 11) is 0. The lowest BCUT2D eigenvalue weighted by Crippen LogP contribution is -2.01. The third-order valence-corrected chi connectivity index (χ3v) is 2.59. The average molecular weight is 245 g/mol. The molecule has 0 atom stereocenters. The number of phenols is 2. The van der Waals surface area contributed by atoms with Crippen molar-refractivity contribution in [1.29, 1.82) is 0 Å². The zero-order valence-corrected chi connectivity index (χ0v) is 9.72. The van der Waals surface area contributed by atoms with E-state index in [-0.39, 0.29) is 11.5 Å². The van der Waals surface area contributed by atoms with Crippen LogP contribution in [-0.4, -0.2) is 10.2 Å². The highest BCUT2D eigenvalue weighted by Gasteiger charge is 2.04. The van der Waals surface area contributed by atoms with Crippen molar-refractivity contribution < 1.29 is 10.2 Å². The van der Waals surface area contributed by atoms with E-state index in [1.54, 1.807) is 24.3 Å². The molecule has 2 aromatic rings. The van der Waals surface area contributed by atoms with Crippen molar-refractivity contribution in [1.82, 2.24) is 0 Å². The van der Waals surface area contributed by atoms with Gasteiger partial charge in [-0.2, -0.15) is 0 Å². The maximum absolute atomic E-state index is 9.65. The summed E-state index contributed by atoms with van der Waals surface area (Å²) in [6.07, 6.45) is 0. The molecule has 18 heavy (non-hydrogen) atoms. The Bertz CT molecular complexity index is 519. The van der Waals surface area contributed by atoms with E-state index < -0.39 is 0 Å². The summed E-state index contributed by atoms with van der Waals surface area (Å²) in [6.45, 7) is 0.341. The van der Waals surface area contributed by atoms with Gasteiger partial charge in [0.1, 0.15) is 11.5 Å². The van der Waals surface area contributed by atoms with Crippen LogP contribution in [0.3, 0.4) is 0 Å². The van der Waals surface area contributed by atoms with E-state index in [0.717, 1.165) is 0 Å². The van der Waals surface area contributed by atoms with Gasteiger partial charge in [-0.3, -0.25) is 0 Å². The predicted molar refractivity (Wildman–Crippen MR) is 72.4 cm³/mol. The molecule has 2 aromatic carbocycles. The highest BCUT2D eigenvalue weighted by Crippen LogP contribution is 2.27. The highest BCUT2D eigenvalue weighted by atomic mass is 16.3. The number of nitrogen functional groups attached to an aromatic ring is 2. The molecule has 0 saturated heterocycles. The van der Waals surface area contributed by atoms with Crippen LogP contribution in [0.5, 0.6) is 11.5 Å². The molecule has 0 saturated carbocycles. The lowest BCUT2D eigenvalue weighted by molar-refractivity contribution is 0.468. The maximum atomic E-state index is 9.65. The number of anilines is 3. The highest BCUT2D eigenvalue weighted by molar-refractivity contribution is 5.63. The molecular formula is C13H15N3O2. The molecule has 0 heterocycles. The summed E-state index contributed by atoms with van der Waals surface area (Å²) in [5, 5.41) is 22.3. The van der Waals surface area contributed by atoms with Gasteiger partial charge in [-0.05, 0) is 36.4 Å². The fourth-order valence-corrected chi connectivity index (χ4v) is 1.63. The Balaban J connectivity index is 2.16. The predicted octanol–water partition coefficient (Wildman–Crippen LogP) is 1.87. The second kappa shape index (κ2) is 4.75. The molecule has 0 aromatic heterocycles. The second-order valence-electron chi connectivity index (χ2n) is 4.02. The van der Waals surface area contributed by atoms with Gasteiger partial charge in [0.2, 0.25) is 0 Å². The zero-order chi connectivity index (χ0) is 13.1. The Kier molecular flexibility index (Phi) is 3.14. The molecule has 0 radical (unpaired) electrons. The van der Waals surface area contributed by atoms with Crippen molar-refractivity contribution in [2.24, 2.45) is 0 Å². The molecule has 0 unspecified atom stereocenters. The van der Waals surface area contributed by atoms with E-state index in [1.807, 2.05) is 0 Å². The number of rotatable bonds is 3. The van der Waals surface area contributed by atoms with Gasteiger partial charge in [0.15, 0.2) is 0 Å². The Labute approximate surface area is 105 Å². The van der Waals surface area contributed by atoms with Crippen molar-refractivity contribution >= 4 is 17.1 Å². The van der Waals surface area contributed by atoms with E-state index in [9.17, 15) is 10.2 Å². The maximum Gasteiger partial charge on any atom is 0.138 e. The first-order valence-electron chi connectivity index (χ1n) is 5.46. The molecule has 0 aliphatic rings.